The zero-order valence-electron chi connectivity index (χ0n) is 12.9. The number of hydrogen-bond acceptors (Lipinski definition) is 5. The molecule has 1 saturated carbocycles. The van der Waals surface area contributed by atoms with Gasteiger partial charge in [0.05, 0.1) is 6.04 Å². The SMILES string of the molecule is NC1=NC(CCc2ccc(NC(O)C3CCCC3)cc2)CO1. The van der Waals surface area contributed by atoms with Crippen LogP contribution >= 0.6 is 0 Å². The van der Waals surface area contributed by atoms with Gasteiger partial charge in [0.2, 0.25) is 0 Å². The number of nitrogens with two attached hydrogens (primary N) is 1. The lowest BCUT2D eigenvalue weighted by Crippen LogP contribution is -2.26. The van der Waals surface area contributed by atoms with Crippen LogP contribution in [0.4, 0.5) is 5.69 Å². The minimum Gasteiger partial charge on any atom is -0.463 e. The predicted octanol–water partition coefficient (Wildman–Crippen LogP) is 2.25. The molecule has 1 aliphatic carbocycles. The molecule has 1 heterocycles. The molecule has 1 aromatic carbocycles. The third kappa shape index (κ3) is 3.91. The monoisotopic (exact) mass is 303 g/mol. The highest BCUT2D eigenvalue weighted by atomic mass is 16.5. The molecule has 2 atom stereocenters. The number of anilines is 1. The maximum atomic E-state index is 10.2. The van der Waals surface area contributed by atoms with Gasteiger partial charge in [-0.2, -0.15) is 0 Å². The van der Waals surface area contributed by atoms with Crippen molar-refractivity contribution in [1.82, 2.24) is 0 Å². The molecule has 1 aliphatic heterocycles. The fraction of sp³-hybridized carbons (Fsp3) is 0.588. The van der Waals surface area contributed by atoms with E-state index in [4.69, 9.17) is 10.5 Å². The number of hydrogen-bond donors (Lipinski definition) is 3. The number of aliphatic imine (C=N–C) groups is 1. The molecule has 2 aliphatic rings. The molecular formula is C17H25N3O2. The lowest BCUT2D eigenvalue weighted by molar-refractivity contribution is 0.137. The van der Waals surface area contributed by atoms with Crippen molar-refractivity contribution < 1.29 is 9.84 Å². The maximum absolute atomic E-state index is 10.2. The van der Waals surface area contributed by atoms with Gasteiger partial charge >= 0.3 is 0 Å². The van der Waals surface area contributed by atoms with E-state index in [-0.39, 0.29) is 6.04 Å². The number of rotatable bonds is 6. The third-order valence-electron chi connectivity index (χ3n) is 4.61. The van der Waals surface area contributed by atoms with Crippen LogP contribution in [0.5, 0.6) is 0 Å². The Hall–Kier alpha value is -1.75. The van der Waals surface area contributed by atoms with Crippen LogP contribution in [0.1, 0.15) is 37.7 Å². The third-order valence-corrected chi connectivity index (χ3v) is 4.61. The number of amidine groups is 1. The standard InChI is InChI=1S/C17H25N3O2/c18-17-20-15(11-22-17)10-7-12-5-8-14(9-6-12)19-16(21)13-3-1-2-4-13/h5-6,8-9,13,15-16,19,21H,1-4,7,10-11H2,(H2,18,20). The smallest absolute Gasteiger partial charge is 0.282 e. The highest BCUT2D eigenvalue weighted by Gasteiger charge is 2.22. The Morgan fingerprint density at radius 3 is 2.64 bits per heavy atom. The summed E-state index contributed by atoms with van der Waals surface area (Å²) in [4.78, 5) is 4.23. The van der Waals surface area contributed by atoms with Gasteiger partial charge in [0, 0.05) is 11.6 Å². The second-order valence-corrected chi connectivity index (χ2v) is 6.30. The summed E-state index contributed by atoms with van der Waals surface area (Å²) in [5.41, 5.74) is 7.75. The first-order chi connectivity index (χ1) is 10.7. The van der Waals surface area contributed by atoms with E-state index in [2.05, 4.69) is 22.4 Å². The van der Waals surface area contributed by atoms with Crippen LogP contribution in [0.15, 0.2) is 29.3 Å². The molecule has 1 aromatic rings. The minimum atomic E-state index is -0.429. The number of nitrogens with zero attached hydrogens (tertiary/aromatic N) is 1. The quantitative estimate of drug-likeness (QED) is 0.704. The summed E-state index contributed by atoms with van der Waals surface area (Å²) in [6.07, 6.45) is 6.19. The van der Waals surface area contributed by atoms with Gasteiger partial charge in [0.1, 0.15) is 12.8 Å². The molecule has 0 radical (unpaired) electrons. The number of aliphatic hydroxyl groups excluding tert-OH is 1. The van der Waals surface area contributed by atoms with Crippen LogP contribution in [-0.4, -0.2) is 30.0 Å². The molecule has 0 spiro atoms. The summed E-state index contributed by atoms with van der Waals surface area (Å²) in [5, 5.41) is 13.4. The van der Waals surface area contributed by atoms with E-state index in [0.717, 1.165) is 31.4 Å². The molecular weight excluding hydrogens is 278 g/mol. The van der Waals surface area contributed by atoms with E-state index >= 15 is 0 Å². The zero-order valence-corrected chi connectivity index (χ0v) is 12.9. The van der Waals surface area contributed by atoms with Crippen LogP contribution in [-0.2, 0) is 11.2 Å². The van der Waals surface area contributed by atoms with Gasteiger partial charge in [-0.25, -0.2) is 4.99 Å². The minimum absolute atomic E-state index is 0.182. The van der Waals surface area contributed by atoms with Crippen molar-refractivity contribution in [2.75, 3.05) is 11.9 Å². The van der Waals surface area contributed by atoms with Crippen LogP contribution in [0, 0.1) is 5.92 Å². The van der Waals surface area contributed by atoms with Crippen molar-refractivity contribution >= 4 is 11.7 Å². The number of aliphatic hydroxyl groups is 1. The molecule has 0 saturated heterocycles. The van der Waals surface area contributed by atoms with Crippen LogP contribution in [0.3, 0.4) is 0 Å². The van der Waals surface area contributed by atoms with E-state index in [0.29, 0.717) is 18.5 Å². The van der Waals surface area contributed by atoms with Crippen molar-refractivity contribution in [3.63, 3.8) is 0 Å². The van der Waals surface area contributed by atoms with Gasteiger partial charge in [-0.15, -0.1) is 0 Å². The number of benzene rings is 1. The van der Waals surface area contributed by atoms with E-state index in [1.54, 1.807) is 0 Å². The summed E-state index contributed by atoms with van der Waals surface area (Å²) < 4.78 is 5.16. The summed E-state index contributed by atoms with van der Waals surface area (Å²) in [6.45, 7) is 0.596. The normalized spacial score (nSPS) is 23.1. The van der Waals surface area contributed by atoms with E-state index in [1.807, 2.05) is 12.1 Å². The molecule has 0 amide bonds. The Bertz CT molecular complexity index is 509. The average Bonchev–Trinajstić information content (AvgIpc) is 3.18. The van der Waals surface area contributed by atoms with Gasteiger partial charge in [-0.3, -0.25) is 0 Å². The fourth-order valence-electron chi connectivity index (χ4n) is 3.25. The largest absolute Gasteiger partial charge is 0.463 e. The molecule has 1 fully saturated rings. The highest BCUT2D eigenvalue weighted by molar-refractivity contribution is 5.73. The molecule has 0 bridgehead atoms. The zero-order chi connectivity index (χ0) is 15.4. The van der Waals surface area contributed by atoms with Gasteiger partial charge < -0.3 is 20.9 Å². The highest BCUT2D eigenvalue weighted by Crippen LogP contribution is 2.28. The molecule has 3 rings (SSSR count). The van der Waals surface area contributed by atoms with Crippen molar-refractivity contribution in [3.8, 4) is 0 Å². The van der Waals surface area contributed by atoms with Crippen LogP contribution in [0.2, 0.25) is 0 Å². The van der Waals surface area contributed by atoms with Crippen LogP contribution in [0.25, 0.3) is 0 Å². The summed E-state index contributed by atoms with van der Waals surface area (Å²) >= 11 is 0. The first-order valence-electron chi connectivity index (χ1n) is 8.20. The lowest BCUT2D eigenvalue weighted by Gasteiger charge is -2.20. The van der Waals surface area contributed by atoms with Gasteiger partial charge in [0.15, 0.2) is 0 Å². The molecule has 120 valence electrons. The number of ether oxygens (including phenoxy) is 1. The Morgan fingerprint density at radius 1 is 1.27 bits per heavy atom. The summed E-state index contributed by atoms with van der Waals surface area (Å²) in [5.74, 6) is 0.394. The van der Waals surface area contributed by atoms with Crippen LogP contribution < -0.4 is 11.1 Å². The summed E-state index contributed by atoms with van der Waals surface area (Å²) in [7, 11) is 0. The van der Waals surface area contributed by atoms with Crippen molar-refractivity contribution in [2.45, 2.75) is 50.8 Å². The molecule has 0 aromatic heterocycles. The van der Waals surface area contributed by atoms with E-state index < -0.39 is 6.23 Å². The molecule has 4 N–H and O–H groups in total. The Kier molecular flexibility index (Phi) is 4.83. The first-order valence-corrected chi connectivity index (χ1v) is 8.20. The molecule has 2 unspecified atom stereocenters. The topological polar surface area (TPSA) is 79.9 Å². The lowest BCUT2D eigenvalue weighted by atomic mass is 10.0. The Morgan fingerprint density at radius 2 is 2.00 bits per heavy atom. The molecule has 22 heavy (non-hydrogen) atoms. The number of aryl methyl sites for hydroxylation is 1. The van der Waals surface area contributed by atoms with Crippen molar-refractivity contribution in [1.29, 1.82) is 0 Å². The van der Waals surface area contributed by atoms with Crippen molar-refractivity contribution in [2.24, 2.45) is 16.6 Å². The molecule has 5 heteroatoms. The second kappa shape index (κ2) is 7.01. The van der Waals surface area contributed by atoms with Gasteiger partial charge in [-0.05, 0) is 43.4 Å². The van der Waals surface area contributed by atoms with Gasteiger partial charge in [-0.1, -0.05) is 25.0 Å². The second-order valence-electron chi connectivity index (χ2n) is 6.30. The summed E-state index contributed by atoms with van der Waals surface area (Å²) in [6, 6.07) is 8.78. The first kappa shape index (κ1) is 15.2. The molecule has 5 nitrogen and oxygen atoms in total. The fourth-order valence-corrected chi connectivity index (χ4v) is 3.25. The predicted molar refractivity (Wildman–Crippen MR) is 87.7 cm³/mol. The number of nitrogens with one attached hydrogen (secondary N) is 1. The Labute approximate surface area is 131 Å². The average molecular weight is 303 g/mol. The Balaban J connectivity index is 1.47. The van der Waals surface area contributed by atoms with Gasteiger partial charge in [0.25, 0.3) is 6.02 Å². The van der Waals surface area contributed by atoms with Crippen molar-refractivity contribution in [3.05, 3.63) is 29.8 Å². The van der Waals surface area contributed by atoms with E-state index in [1.165, 1.54) is 18.4 Å². The maximum Gasteiger partial charge on any atom is 0.282 e. The van der Waals surface area contributed by atoms with E-state index in [9.17, 15) is 5.11 Å².